The maximum atomic E-state index is 13.9. The lowest BCUT2D eigenvalue weighted by atomic mass is 10.0. The van der Waals surface area contributed by atoms with Gasteiger partial charge in [-0.05, 0) is 12.1 Å². The predicted octanol–water partition coefficient (Wildman–Crippen LogP) is 3.22. The van der Waals surface area contributed by atoms with Crippen LogP contribution >= 0.6 is 0 Å². The van der Waals surface area contributed by atoms with E-state index in [0.29, 0.717) is 0 Å². The molecule has 0 aliphatic carbocycles. The molecule has 0 unspecified atom stereocenters. The first-order valence-electron chi connectivity index (χ1n) is 4.55. The molecule has 0 radical (unpaired) electrons. The van der Waals surface area contributed by atoms with Crippen LogP contribution in [0.1, 0.15) is 11.1 Å². The van der Waals surface area contributed by atoms with Gasteiger partial charge in [0.2, 0.25) is 0 Å². The summed E-state index contributed by atoms with van der Waals surface area (Å²) in [5.74, 6) is -2.95. The molecular formula is C12H9F2N. The molecule has 1 nitrogen and oxygen atoms in total. The molecule has 2 aromatic rings. The number of hydrogen-bond acceptors (Lipinski definition) is 1. The number of aromatic nitrogens is 1. The Kier molecular flexibility index (Phi) is 2.46. The average molecular weight is 205 g/mol. The van der Waals surface area contributed by atoms with Crippen molar-refractivity contribution in [3.63, 3.8) is 0 Å². The van der Waals surface area contributed by atoms with Crippen molar-refractivity contribution in [2.75, 3.05) is 0 Å². The molecule has 3 heteroatoms. The van der Waals surface area contributed by atoms with E-state index < -0.39 is 5.92 Å². The molecule has 0 N–H and O–H groups in total. The van der Waals surface area contributed by atoms with Crippen LogP contribution in [0.4, 0.5) is 8.78 Å². The fraction of sp³-hybridized carbons (Fsp3) is 0.0833. The maximum Gasteiger partial charge on any atom is 0.298 e. The summed E-state index contributed by atoms with van der Waals surface area (Å²) >= 11 is 0. The summed E-state index contributed by atoms with van der Waals surface area (Å²) in [6.45, 7) is 0. The molecule has 2 rings (SSSR count). The SMILES string of the molecule is FC(F)(c1ccccc1)c1ccncc1. The minimum absolute atomic E-state index is 0.00352. The Morgan fingerprint density at radius 2 is 1.33 bits per heavy atom. The Balaban J connectivity index is 2.44. The molecule has 0 fully saturated rings. The number of hydrogen-bond donors (Lipinski definition) is 0. The third-order valence-corrected chi connectivity index (χ3v) is 2.18. The molecule has 0 saturated heterocycles. The number of nitrogens with zero attached hydrogens (tertiary/aromatic N) is 1. The molecule has 15 heavy (non-hydrogen) atoms. The molecule has 0 saturated carbocycles. The van der Waals surface area contributed by atoms with E-state index in [0.717, 1.165) is 0 Å². The van der Waals surface area contributed by atoms with E-state index in [2.05, 4.69) is 4.98 Å². The summed E-state index contributed by atoms with van der Waals surface area (Å²) < 4.78 is 27.7. The summed E-state index contributed by atoms with van der Waals surface area (Å²) in [5, 5.41) is 0. The molecule has 0 spiro atoms. The molecule has 0 amide bonds. The van der Waals surface area contributed by atoms with Crippen molar-refractivity contribution < 1.29 is 8.78 Å². The zero-order valence-corrected chi connectivity index (χ0v) is 7.90. The lowest BCUT2D eigenvalue weighted by Gasteiger charge is -2.16. The molecule has 1 aromatic carbocycles. The number of halogens is 2. The van der Waals surface area contributed by atoms with Gasteiger partial charge >= 0.3 is 0 Å². The molecule has 0 bridgehead atoms. The Morgan fingerprint density at radius 1 is 0.800 bits per heavy atom. The van der Waals surface area contributed by atoms with Crippen molar-refractivity contribution in [1.82, 2.24) is 4.98 Å². The first-order chi connectivity index (χ1) is 7.21. The van der Waals surface area contributed by atoms with Gasteiger partial charge in [-0.2, -0.15) is 8.78 Å². The minimum Gasteiger partial charge on any atom is -0.265 e. The second-order valence-corrected chi connectivity index (χ2v) is 3.18. The first-order valence-corrected chi connectivity index (χ1v) is 4.55. The van der Waals surface area contributed by atoms with Crippen molar-refractivity contribution in [1.29, 1.82) is 0 Å². The number of rotatable bonds is 2. The van der Waals surface area contributed by atoms with Crippen molar-refractivity contribution in [2.24, 2.45) is 0 Å². The highest BCUT2D eigenvalue weighted by atomic mass is 19.3. The quantitative estimate of drug-likeness (QED) is 0.733. The summed E-state index contributed by atoms with van der Waals surface area (Å²) in [6.07, 6.45) is 2.73. The highest BCUT2D eigenvalue weighted by Crippen LogP contribution is 2.34. The highest BCUT2D eigenvalue weighted by molar-refractivity contribution is 5.31. The minimum atomic E-state index is -2.95. The zero-order valence-electron chi connectivity index (χ0n) is 7.90. The Hall–Kier alpha value is -1.77. The van der Waals surface area contributed by atoms with Gasteiger partial charge in [-0.1, -0.05) is 30.3 Å². The van der Waals surface area contributed by atoms with Gasteiger partial charge in [0.25, 0.3) is 5.92 Å². The van der Waals surface area contributed by atoms with Crippen LogP contribution in [0.3, 0.4) is 0 Å². The van der Waals surface area contributed by atoms with Crippen LogP contribution in [0.15, 0.2) is 54.9 Å². The van der Waals surface area contributed by atoms with E-state index in [1.54, 1.807) is 18.2 Å². The Morgan fingerprint density at radius 3 is 1.93 bits per heavy atom. The van der Waals surface area contributed by atoms with E-state index in [-0.39, 0.29) is 11.1 Å². The first kappa shape index (κ1) is 9.77. The van der Waals surface area contributed by atoms with E-state index in [1.165, 1.54) is 36.7 Å². The van der Waals surface area contributed by atoms with Crippen LogP contribution in [0.2, 0.25) is 0 Å². The summed E-state index contributed by atoms with van der Waals surface area (Å²) in [6, 6.07) is 10.4. The van der Waals surface area contributed by atoms with Gasteiger partial charge in [0.05, 0.1) is 0 Å². The van der Waals surface area contributed by atoms with E-state index >= 15 is 0 Å². The number of alkyl halides is 2. The highest BCUT2D eigenvalue weighted by Gasteiger charge is 2.33. The molecule has 0 atom stereocenters. The van der Waals surface area contributed by atoms with Gasteiger partial charge in [0.15, 0.2) is 0 Å². The number of benzene rings is 1. The fourth-order valence-corrected chi connectivity index (χ4v) is 1.38. The lowest BCUT2D eigenvalue weighted by Crippen LogP contribution is -2.14. The summed E-state index contributed by atoms with van der Waals surface area (Å²) in [4.78, 5) is 3.72. The molecule has 1 aromatic heterocycles. The topological polar surface area (TPSA) is 12.9 Å². The van der Waals surface area contributed by atoms with Crippen molar-refractivity contribution >= 4 is 0 Å². The second-order valence-electron chi connectivity index (χ2n) is 3.18. The van der Waals surface area contributed by atoms with Crippen LogP contribution in [-0.2, 0) is 5.92 Å². The normalized spacial score (nSPS) is 11.3. The Labute approximate surface area is 86.4 Å². The van der Waals surface area contributed by atoms with Gasteiger partial charge in [0, 0.05) is 23.5 Å². The van der Waals surface area contributed by atoms with E-state index in [9.17, 15) is 8.78 Å². The molecular weight excluding hydrogens is 196 g/mol. The van der Waals surface area contributed by atoms with Crippen LogP contribution in [0.25, 0.3) is 0 Å². The standard InChI is InChI=1S/C12H9F2N/c13-12(14,10-4-2-1-3-5-10)11-6-8-15-9-7-11/h1-9H. The Bertz CT molecular complexity index is 384. The third-order valence-electron chi connectivity index (χ3n) is 2.18. The van der Waals surface area contributed by atoms with Crippen LogP contribution < -0.4 is 0 Å². The summed E-state index contributed by atoms with van der Waals surface area (Å²) in [7, 11) is 0. The molecule has 76 valence electrons. The molecule has 0 aliphatic rings. The van der Waals surface area contributed by atoms with Gasteiger partial charge < -0.3 is 0 Å². The fourth-order valence-electron chi connectivity index (χ4n) is 1.38. The van der Waals surface area contributed by atoms with Crippen LogP contribution in [-0.4, -0.2) is 4.98 Å². The van der Waals surface area contributed by atoms with E-state index in [4.69, 9.17) is 0 Å². The van der Waals surface area contributed by atoms with Crippen LogP contribution in [0, 0.1) is 0 Å². The van der Waals surface area contributed by atoms with Crippen molar-refractivity contribution in [2.45, 2.75) is 5.92 Å². The van der Waals surface area contributed by atoms with Crippen LogP contribution in [0.5, 0.6) is 0 Å². The molecule has 1 heterocycles. The average Bonchev–Trinajstić information content (AvgIpc) is 2.31. The van der Waals surface area contributed by atoms with Gasteiger partial charge in [-0.3, -0.25) is 4.98 Å². The summed E-state index contributed by atoms with van der Waals surface area (Å²) in [5.41, 5.74) is -0.0418. The number of pyridine rings is 1. The maximum absolute atomic E-state index is 13.9. The van der Waals surface area contributed by atoms with Crippen molar-refractivity contribution in [3.8, 4) is 0 Å². The van der Waals surface area contributed by atoms with Gasteiger partial charge in [-0.15, -0.1) is 0 Å². The lowest BCUT2D eigenvalue weighted by molar-refractivity contribution is 0.0427. The van der Waals surface area contributed by atoms with E-state index in [1.807, 2.05) is 0 Å². The van der Waals surface area contributed by atoms with Crippen molar-refractivity contribution in [3.05, 3.63) is 66.0 Å². The largest absolute Gasteiger partial charge is 0.298 e. The smallest absolute Gasteiger partial charge is 0.265 e. The third kappa shape index (κ3) is 1.86. The molecule has 0 aliphatic heterocycles. The predicted molar refractivity (Wildman–Crippen MR) is 53.7 cm³/mol. The second kappa shape index (κ2) is 3.77. The monoisotopic (exact) mass is 205 g/mol. The van der Waals surface area contributed by atoms with Gasteiger partial charge in [-0.25, -0.2) is 0 Å². The van der Waals surface area contributed by atoms with Gasteiger partial charge in [0.1, 0.15) is 0 Å². The zero-order chi connectivity index (χ0) is 10.7.